The molecule has 0 saturated carbocycles. The van der Waals surface area contributed by atoms with Crippen LogP contribution in [0.15, 0.2) is 59.5 Å². The lowest BCUT2D eigenvalue weighted by atomic mass is 10.2. The topological polar surface area (TPSA) is 83.5 Å². The lowest BCUT2D eigenvalue weighted by molar-refractivity contribution is -0.137. The van der Waals surface area contributed by atoms with E-state index in [4.69, 9.17) is 23.2 Å². The molecule has 176 valence electrons. The van der Waals surface area contributed by atoms with Gasteiger partial charge in [0.1, 0.15) is 0 Å². The van der Waals surface area contributed by atoms with Gasteiger partial charge in [0, 0.05) is 10.3 Å². The fraction of sp³-hybridized carbons (Fsp3) is 0.143. The summed E-state index contributed by atoms with van der Waals surface area (Å²) in [5, 5.41) is -0.797. The molecule has 0 fully saturated rings. The second kappa shape index (κ2) is 8.96. The molecule has 0 aliphatic rings. The largest absolute Gasteiger partial charge is 0.417 e. The molecule has 0 saturated heterocycles. The lowest BCUT2D eigenvalue weighted by Crippen LogP contribution is -2.24. The predicted octanol–water partition coefficient (Wildman–Crippen LogP) is 5.65. The summed E-state index contributed by atoms with van der Waals surface area (Å²) in [6.45, 7) is 3.36. The predicted molar refractivity (Wildman–Crippen MR) is 124 cm³/mol. The first-order chi connectivity index (χ1) is 15.1. The number of hydrogen-bond acceptors (Lipinski definition) is 3. The summed E-state index contributed by atoms with van der Waals surface area (Å²) >= 11 is 11.5. The number of aryl methyl sites for hydroxylation is 2. The Kier molecular flexibility index (Phi) is 6.95. The van der Waals surface area contributed by atoms with Gasteiger partial charge < -0.3 is 4.89 Å². The number of alkyl halides is 3. The Bertz CT molecular complexity index is 1390. The Morgan fingerprint density at radius 2 is 1.61 bits per heavy atom. The molecule has 5 nitrogen and oxygen atoms in total. The van der Waals surface area contributed by atoms with E-state index in [-0.39, 0.29) is 21.3 Å². The van der Waals surface area contributed by atoms with Crippen LogP contribution in [0.25, 0.3) is 0 Å². The summed E-state index contributed by atoms with van der Waals surface area (Å²) in [4.78, 5) is 10.3. The molecule has 0 radical (unpaired) electrons. The molecule has 0 aliphatic carbocycles. The van der Waals surface area contributed by atoms with Crippen molar-refractivity contribution in [3.63, 3.8) is 0 Å². The van der Waals surface area contributed by atoms with Crippen LogP contribution in [-0.4, -0.2) is 13.3 Å². The molecule has 12 heteroatoms. The van der Waals surface area contributed by atoms with Crippen LogP contribution in [0.3, 0.4) is 0 Å². The van der Waals surface area contributed by atoms with Gasteiger partial charge in [-0.15, -0.1) is 0 Å². The van der Waals surface area contributed by atoms with Gasteiger partial charge in [0.2, 0.25) is 0 Å². The van der Waals surface area contributed by atoms with E-state index in [0.717, 1.165) is 18.2 Å². The highest BCUT2D eigenvalue weighted by Gasteiger charge is 2.35. The van der Waals surface area contributed by atoms with Crippen molar-refractivity contribution in [2.45, 2.75) is 24.9 Å². The van der Waals surface area contributed by atoms with Gasteiger partial charge in [-0.2, -0.15) is 13.2 Å². The van der Waals surface area contributed by atoms with Crippen molar-refractivity contribution in [2.75, 3.05) is 4.72 Å². The number of rotatable bonds is 5. The average Bonchev–Trinajstić information content (AvgIpc) is 2.68. The highest BCUT2D eigenvalue weighted by Crippen LogP contribution is 2.43. The quantitative estimate of drug-likeness (QED) is 0.412. The number of anilines is 1. The Balaban J connectivity index is 2.13. The van der Waals surface area contributed by atoms with Crippen molar-refractivity contribution in [1.29, 1.82) is 0 Å². The minimum Gasteiger partial charge on any atom is -0.338 e. The first-order valence-electron chi connectivity index (χ1n) is 9.23. The zero-order valence-corrected chi connectivity index (χ0v) is 20.3. The van der Waals surface area contributed by atoms with E-state index in [9.17, 15) is 31.0 Å². The second-order valence-electron chi connectivity index (χ2n) is 7.27. The molecule has 3 aromatic rings. The fourth-order valence-corrected chi connectivity index (χ4v) is 6.61. The van der Waals surface area contributed by atoms with Crippen molar-refractivity contribution >= 4 is 56.9 Å². The Labute approximate surface area is 198 Å². The zero-order chi connectivity index (χ0) is 24.8. The van der Waals surface area contributed by atoms with Crippen LogP contribution in [0.1, 0.15) is 16.7 Å². The molecule has 1 atom stereocenters. The SMILES string of the molecule is Cc1ccc(C)c(P(=O)(O)c2ccc(Cl)cc2NS(=O)(=O)c2ccc(Cl)c(C(F)(F)F)c2)c1. The highest BCUT2D eigenvalue weighted by atomic mass is 35.5. The van der Waals surface area contributed by atoms with Crippen molar-refractivity contribution in [3.05, 3.63) is 81.3 Å². The van der Waals surface area contributed by atoms with Crippen molar-refractivity contribution in [1.82, 2.24) is 0 Å². The van der Waals surface area contributed by atoms with Gasteiger partial charge in [-0.1, -0.05) is 40.9 Å². The number of nitrogens with one attached hydrogen (secondary N) is 1. The van der Waals surface area contributed by atoms with Crippen LogP contribution < -0.4 is 15.3 Å². The van der Waals surface area contributed by atoms with Gasteiger partial charge in [0.15, 0.2) is 0 Å². The zero-order valence-electron chi connectivity index (χ0n) is 17.1. The van der Waals surface area contributed by atoms with E-state index >= 15 is 0 Å². The number of sulfonamides is 1. The minimum absolute atomic E-state index is 0.0458. The van der Waals surface area contributed by atoms with Gasteiger partial charge in [0.25, 0.3) is 17.4 Å². The number of benzene rings is 3. The van der Waals surface area contributed by atoms with Crippen molar-refractivity contribution in [3.8, 4) is 0 Å². The lowest BCUT2D eigenvalue weighted by Gasteiger charge is -2.20. The van der Waals surface area contributed by atoms with Crippen LogP contribution in [-0.2, 0) is 20.8 Å². The van der Waals surface area contributed by atoms with E-state index in [1.807, 2.05) is 0 Å². The first-order valence-corrected chi connectivity index (χ1v) is 13.1. The first kappa shape index (κ1) is 25.6. The summed E-state index contributed by atoms with van der Waals surface area (Å²) < 4.78 is 81.0. The summed E-state index contributed by atoms with van der Waals surface area (Å²) in [6.07, 6.45) is -4.88. The molecule has 0 heterocycles. The van der Waals surface area contributed by atoms with Gasteiger partial charge in [-0.05, 0) is 61.9 Å². The number of halogens is 5. The van der Waals surface area contributed by atoms with E-state index in [0.29, 0.717) is 17.2 Å². The van der Waals surface area contributed by atoms with Crippen LogP contribution in [0.2, 0.25) is 10.0 Å². The van der Waals surface area contributed by atoms with Gasteiger partial charge in [-0.25, -0.2) is 8.42 Å². The van der Waals surface area contributed by atoms with Crippen LogP contribution in [0, 0.1) is 13.8 Å². The third kappa shape index (κ3) is 5.39. The molecule has 1 unspecified atom stereocenters. The second-order valence-corrected chi connectivity index (χ2v) is 11.9. The molecule has 0 spiro atoms. The third-order valence-corrected chi connectivity index (χ3v) is 8.88. The van der Waals surface area contributed by atoms with E-state index in [2.05, 4.69) is 4.72 Å². The molecule has 3 aromatic carbocycles. The third-order valence-electron chi connectivity index (χ3n) is 4.77. The monoisotopic (exact) mass is 537 g/mol. The molecular formula is C21H17Cl2F3NO4PS. The van der Waals surface area contributed by atoms with Gasteiger partial charge >= 0.3 is 6.18 Å². The summed E-state index contributed by atoms with van der Waals surface area (Å²) in [6, 6.07) is 10.6. The number of hydrogen-bond donors (Lipinski definition) is 2. The maximum absolute atomic E-state index is 13.5. The normalized spacial score (nSPS) is 14.1. The van der Waals surface area contributed by atoms with Gasteiger partial charge in [-0.3, -0.25) is 9.29 Å². The molecule has 0 amide bonds. The van der Waals surface area contributed by atoms with E-state index in [1.165, 1.54) is 18.2 Å². The van der Waals surface area contributed by atoms with E-state index in [1.54, 1.807) is 26.0 Å². The summed E-state index contributed by atoms with van der Waals surface area (Å²) in [5.74, 6) is 0. The van der Waals surface area contributed by atoms with Crippen molar-refractivity contribution < 1.29 is 31.0 Å². The summed E-state index contributed by atoms with van der Waals surface area (Å²) in [7, 11) is -8.94. The van der Waals surface area contributed by atoms with Crippen molar-refractivity contribution in [2.24, 2.45) is 0 Å². The fourth-order valence-electron chi connectivity index (χ4n) is 3.12. The Morgan fingerprint density at radius 1 is 0.939 bits per heavy atom. The highest BCUT2D eigenvalue weighted by molar-refractivity contribution is 7.92. The molecular weight excluding hydrogens is 521 g/mol. The molecule has 0 aliphatic heterocycles. The molecule has 3 rings (SSSR count). The standard InChI is InChI=1S/C21H17Cl2F3NO4PS/c1-12-3-4-13(2)20(9-12)32(28,29)19-8-5-14(22)10-18(19)27-33(30,31)15-6-7-17(23)16(11-15)21(24,25)26/h3-11,27H,1-2H3,(H,28,29). The Hall–Kier alpha value is -2.03. The maximum atomic E-state index is 13.5. The molecule has 0 bridgehead atoms. The average molecular weight is 538 g/mol. The van der Waals surface area contributed by atoms with Crippen LogP contribution in [0.4, 0.5) is 18.9 Å². The minimum atomic E-state index is -4.88. The maximum Gasteiger partial charge on any atom is 0.417 e. The molecule has 2 N–H and O–H groups in total. The smallest absolute Gasteiger partial charge is 0.338 e. The van der Waals surface area contributed by atoms with Crippen LogP contribution >= 0.6 is 30.6 Å². The molecule has 0 aromatic heterocycles. The van der Waals surface area contributed by atoms with E-state index < -0.39 is 39.0 Å². The van der Waals surface area contributed by atoms with Crippen LogP contribution in [0.5, 0.6) is 0 Å². The molecule has 33 heavy (non-hydrogen) atoms. The summed E-state index contributed by atoms with van der Waals surface area (Å²) in [5.41, 5.74) is -0.455. The Morgan fingerprint density at radius 3 is 2.24 bits per heavy atom. The van der Waals surface area contributed by atoms with Gasteiger partial charge in [0.05, 0.1) is 26.5 Å².